The lowest BCUT2D eigenvalue weighted by Gasteiger charge is -2.06. The number of esters is 1. The Morgan fingerprint density at radius 1 is 0.903 bits per heavy atom. The van der Waals surface area contributed by atoms with Crippen molar-refractivity contribution in [3.63, 3.8) is 0 Å². The Hall–Kier alpha value is -4.00. The van der Waals surface area contributed by atoms with Gasteiger partial charge in [-0.3, -0.25) is 0 Å². The summed E-state index contributed by atoms with van der Waals surface area (Å²) in [7, 11) is 3.27. The molecule has 0 saturated carbocycles. The number of ether oxygens (including phenoxy) is 3. The van der Waals surface area contributed by atoms with E-state index < -0.39 is 5.97 Å². The van der Waals surface area contributed by atoms with Gasteiger partial charge in [-0.2, -0.15) is 0 Å². The van der Waals surface area contributed by atoms with Gasteiger partial charge >= 0.3 is 5.97 Å². The highest BCUT2D eigenvalue weighted by Crippen LogP contribution is 2.35. The van der Waals surface area contributed by atoms with Gasteiger partial charge in [0.15, 0.2) is 0 Å². The van der Waals surface area contributed by atoms with E-state index >= 15 is 0 Å². The Morgan fingerprint density at radius 3 is 2.10 bits per heavy atom. The number of aromatic amines is 2. The van der Waals surface area contributed by atoms with Crippen molar-refractivity contribution in [2.24, 2.45) is 0 Å². The first kappa shape index (κ1) is 20.3. The van der Waals surface area contributed by atoms with Gasteiger partial charge in [-0.15, -0.1) is 0 Å². The highest BCUT2D eigenvalue weighted by molar-refractivity contribution is 5.95. The minimum absolute atomic E-state index is 0.295. The van der Waals surface area contributed by atoms with Gasteiger partial charge in [0.05, 0.1) is 32.2 Å². The highest BCUT2D eigenvalue weighted by atomic mass is 16.5. The van der Waals surface area contributed by atoms with Crippen LogP contribution in [0.3, 0.4) is 0 Å². The van der Waals surface area contributed by atoms with Crippen LogP contribution in [0.2, 0.25) is 0 Å². The first-order valence-corrected chi connectivity index (χ1v) is 9.88. The van der Waals surface area contributed by atoms with Crippen LogP contribution in [-0.2, 0) is 4.74 Å². The molecule has 2 aromatic heterocycles. The molecule has 31 heavy (non-hydrogen) atoms. The smallest absolute Gasteiger partial charge is 0.355 e. The van der Waals surface area contributed by atoms with Crippen molar-refractivity contribution in [3.8, 4) is 45.4 Å². The molecule has 2 aromatic carbocycles. The van der Waals surface area contributed by atoms with Crippen LogP contribution < -0.4 is 9.47 Å². The third-order valence-corrected chi connectivity index (χ3v) is 4.93. The van der Waals surface area contributed by atoms with E-state index in [1.165, 1.54) is 0 Å². The number of carbonyl (C=O) groups is 1. The summed E-state index contributed by atoms with van der Waals surface area (Å²) in [5, 5.41) is 0. The molecule has 0 spiro atoms. The van der Waals surface area contributed by atoms with E-state index in [0.29, 0.717) is 23.7 Å². The van der Waals surface area contributed by atoms with Gasteiger partial charge in [0.25, 0.3) is 0 Å². The van der Waals surface area contributed by atoms with Crippen LogP contribution in [0.15, 0.2) is 60.8 Å². The maximum Gasteiger partial charge on any atom is 0.355 e. The minimum Gasteiger partial charge on any atom is -0.497 e. The fraction of sp³-hybridized carbons (Fsp3) is 0.167. The summed E-state index contributed by atoms with van der Waals surface area (Å²) < 4.78 is 15.7. The summed E-state index contributed by atoms with van der Waals surface area (Å²) in [4.78, 5) is 23.5. The number of carbonyl (C=O) groups excluding carboxylic acids is 1. The van der Waals surface area contributed by atoms with Crippen molar-refractivity contribution in [1.29, 1.82) is 0 Å². The molecule has 0 saturated heterocycles. The molecule has 0 aliphatic carbocycles. The van der Waals surface area contributed by atoms with Crippen LogP contribution in [0, 0.1) is 0 Å². The van der Waals surface area contributed by atoms with E-state index in [0.717, 1.165) is 34.0 Å². The topological polar surface area (TPSA) is 89.2 Å². The van der Waals surface area contributed by atoms with E-state index in [1.54, 1.807) is 33.4 Å². The summed E-state index contributed by atoms with van der Waals surface area (Å²) in [5.41, 5.74) is 4.46. The second-order valence-electron chi connectivity index (χ2n) is 6.75. The fourth-order valence-corrected chi connectivity index (χ4v) is 3.36. The normalized spacial score (nSPS) is 10.7. The second-order valence-corrected chi connectivity index (χ2v) is 6.75. The molecule has 7 heteroatoms. The Morgan fingerprint density at radius 2 is 1.52 bits per heavy atom. The quantitative estimate of drug-likeness (QED) is 0.416. The molecule has 0 bridgehead atoms. The zero-order valence-electron chi connectivity index (χ0n) is 17.6. The van der Waals surface area contributed by atoms with Crippen LogP contribution in [-0.4, -0.2) is 41.7 Å². The third kappa shape index (κ3) is 4.02. The molecular formula is C24H23N3O4. The molecule has 0 radical (unpaired) electrons. The lowest BCUT2D eigenvalue weighted by Crippen LogP contribution is -2.06. The first-order chi connectivity index (χ1) is 15.1. The molecule has 7 nitrogen and oxygen atoms in total. The summed E-state index contributed by atoms with van der Waals surface area (Å²) >= 11 is 0. The van der Waals surface area contributed by atoms with Crippen molar-refractivity contribution >= 4 is 5.97 Å². The third-order valence-electron chi connectivity index (χ3n) is 4.93. The molecule has 0 atom stereocenters. The monoisotopic (exact) mass is 417 g/mol. The number of nitrogens with zero attached hydrogens (tertiary/aromatic N) is 1. The molecule has 0 unspecified atom stereocenters. The molecule has 0 amide bonds. The molecular weight excluding hydrogens is 394 g/mol. The Bertz CT molecular complexity index is 1110. The number of rotatable bonds is 7. The number of imidazole rings is 1. The molecule has 4 aromatic rings. The molecule has 2 heterocycles. The highest BCUT2D eigenvalue weighted by Gasteiger charge is 2.21. The van der Waals surface area contributed by atoms with Gasteiger partial charge < -0.3 is 24.2 Å². The van der Waals surface area contributed by atoms with Crippen LogP contribution >= 0.6 is 0 Å². The molecule has 158 valence electrons. The molecule has 0 fully saturated rings. The van der Waals surface area contributed by atoms with Crippen molar-refractivity contribution in [2.75, 3.05) is 20.8 Å². The van der Waals surface area contributed by atoms with Crippen LogP contribution in [0.5, 0.6) is 11.5 Å². The predicted octanol–water partition coefficient (Wildman–Crippen LogP) is 4.93. The van der Waals surface area contributed by atoms with Crippen LogP contribution in [0.4, 0.5) is 0 Å². The van der Waals surface area contributed by atoms with Gasteiger partial charge in [-0.25, -0.2) is 9.78 Å². The maximum absolute atomic E-state index is 12.3. The van der Waals surface area contributed by atoms with Gasteiger partial charge in [0, 0.05) is 22.9 Å². The van der Waals surface area contributed by atoms with Crippen LogP contribution in [0.1, 0.15) is 17.4 Å². The SMILES string of the molecule is CCOC(=O)c1[nH]ccc1-c1nc(-c2ccc(OC)cc2)c(-c2ccc(OC)cc2)[nH]1. The maximum atomic E-state index is 12.3. The van der Waals surface area contributed by atoms with E-state index in [4.69, 9.17) is 19.2 Å². The average Bonchev–Trinajstić information content (AvgIpc) is 3.47. The number of nitrogens with one attached hydrogen (secondary N) is 2. The predicted molar refractivity (Wildman–Crippen MR) is 118 cm³/mol. The van der Waals surface area contributed by atoms with Crippen molar-refractivity contribution < 1.29 is 19.0 Å². The molecule has 0 aliphatic rings. The number of H-pyrrole nitrogens is 2. The van der Waals surface area contributed by atoms with Gasteiger partial charge in [0.2, 0.25) is 0 Å². The Balaban J connectivity index is 1.84. The van der Waals surface area contributed by atoms with Crippen molar-refractivity contribution in [1.82, 2.24) is 15.0 Å². The van der Waals surface area contributed by atoms with E-state index in [-0.39, 0.29) is 0 Å². The number of benzene rings is 2. The van der Waals surface area contributed by atoms with Crippen molar-refractivity contribution in [2.45, 2.75) is 6.92 Å². The summed E-state index contributed by atoms with van der Waals surface area (Å²) in [5.74, 6) is 1.68. The van der Waals surface area contributed by atoms with Gasteiger partial charge in [-0.1, -0.05) is 0 Å². The first-order valence-electron chi connectivity index (χ1n) is 9.88. The number of hydrogen-bond donors (Lipinski definition) is 2. The average molecular weight is 417 g/mol. The zero-order chi connectivity index (χ0) is 21.8. The summed E-state index contributed by atoms with van der Waals surface area (Å²) in [6.45, 7) is 2.07. The fourth-order valence-electron chi connectivity index (χ4n) is 3.36. The molecule has 0 aliphatic heterocycles. The Kier molecular flexibility index (Phi) is 5.75. The number of hydrogen-bond acceptors (Lipinski definition) is 5. The largest absolute Gasteiger partial charge is 0.497 e. The lowest BCUT2D eigenvalue weighted by molar-refractivity contribution is 0.0521. The second kappa shape index (κ2) is 8.79. The van der Waals surface area contributed by atoms with Crippen molar-refractivity contribution in [3.05, 3.63) is 66.5 Å². The summed E-state index contributed by atoms with van der Waals surface area (Å²) in [6, 6.07) is 17.2. The van der Waals surface area contributed by atoms with Gasteiger partial charge in [0.1, 0.15) is 23.0 Å². The summed E-state index contributed by atoms with van der Waals surface area (Å²) in [6.07, 6.45) is 1.70. The standard InChI is InChI=1S/C24H23N3O4/c1-4-31-24(28)22-19(13-14-25-22)23-26-20(15-5-9-17(29-2)10-6-15)21(27-23)16-7-11-18(30-3)12-8-16/h5-14,25H,4H2,1-3H3,(H,26,27). The Labute approximate surface area is 180 Å². The lowest BCUT2D eigenvalue weighted by atomic mass is 10.0. The number of methoxy groups -OCH3 is 2. The zero-order valence-corrected chi connectivity index (χ0v) is 17.6. The van der Waals surface area contributed by atoms with Gasteiger partial charge in [-0.05, 0) is 61.5 Å². The van der Waals surface area contributed by atoms with Crippen LogP contribution in [0.25, 0.3) is 33.9 Å². The van der Waals surface area contributed by atoms with E-state index in [2.05, 4.69) is 9.97 Å². The minimum atomic E-state index is -0.420. The molecule has 2 N–H and O–H groups in total. The van der Waals surface area contributed by atoms with E-state index in [9.17, 15) is 4.79 Å². The number of aromatic nitrogens is 3. The molecule has 4 rings (SSSR count). The van der Waals surface area contributed by atoms with E-state index in [1.807, 2.05) is 48.5 Å².